The van der Waals surface area contributed by atoms with Gasteiger partial charge in [-0.1, -0.05) is 30.3 Å². The molecule has 2 aromatic carbocycles. The minimum atomic E-state index is -0.375. The van der Waals surface area contributed by atoms with Crippen molar-refractivity contribution in [3.05, 3.63) is 53.1 Å². The molecule has 30 heavy (non-hydrogen) atoms. The van der Waals surface area contributed by atoms with Crippen LogP contribution in [0.3, 0.4) is 0 Å². The molecule has 5 nitrogen and oxygen atoms in total. The molecule has 1 saturated carbocycles. The summed E-state index contributed by atoms with van der Waals surface area (Å²) < 4.78 is 18.5. The normalized spacial score (nSPS) is 31.1. The van der Waals surface area contributed by atoms with E-state index < -0.39 is 0 Å². The lowest BCUT2D eigenvalue weighted by molar-refractivity contribution is -0.138. The molecule has 2 aliphatic carbocycles. The van der Waals surface area contributed by atoms with Crippen molar-refractivity contribution in [3.63, 3.8) is 0 Å². The number of benzene rings is 2. The predicted molar refractivity (Wildman–Crippen MR) is 112 cm³/mol. The highest BCUT2D eigenvalue weighted by Gasteiger charge is 2.66. The monoisotopic (exact) mass is 405 g/mol. The molecule has 2 bridgehead atoms. The van der Waals surface area contributed by atoms with E-state index in [1.165, 1.54) is 11.1 Å². The smallest absolute Gasteiger partial charge is 0.174 e. The molecular weight excluding hydrogens is 378 g/mol. The maximum Gasteiger partial charge on any atom is 0.174 e. The molecule has 1 spiro atoms. The Hall–Kier alpha value is -2.53. The van der Waals surface area contributed by atoms with Crippen LogP contribution in [-0.4, -0.2) is 43.5 Å². The number of carbonyl (C=O) groups excluding carboxylic acids is 1. The topological polar surface area (TPSA) is 48.0 Å². The fourth-order valence-electron chi connectivity index (χ4n) is 6.57. The van der Waals surface area contributed by atoms with Gasteiger partial charge in [0.05, 0.1) is 7.11 Å². The van der Waals surface area contributed by atoms with E-state index in [2.05, 4.69) is 24.1 Å². The summed E-state index contributed by atoms with van der Waals surface area (Å²) in [6.07, 6.45) is 3.07. The lowest BCUT2D eigenvalue weighted by Gasteiger charge is -2.57. The number of ether oxygens (including phenoxy) is 3. The first-order chi connectivity index (χ1) is 14.6. The van der Waals surface area contributed by atoms with Crippen molar-refractivity contribution < 1.29 is 19.0 Å². The van der Waals surface area contributed by atoms with Gasteiger partial charge in [-0.25, -0.2) is 0 Å². The molecule has 0 aromatic heterocycles. The summed E-state index contributed by atoms with van der Waals surface area (Å²) in [6, 6.07) is 12.6. The molecule has 2 aliphatic heterocycles. The van der Waals surface area contributed by atoms with Gasteiger partial charge in [0, 0.05) is 35.1 Å². The fraction of sp³-hybridized carbons (Fsp3) is 0.480. The molecule has 0 N–H and O–H groups in total. The van der Waals surface area contributed by atoms with Crippen LogP contribution in [0.5, 0.6) is 17.2 Å². The highest BCUT2D eigenvalue weighted by atomic mass is 16.5. The van der Waals surface area contributed by atoms with Gasteiger partial charge in [0.15, 0.2) is 23.4 Å². The van der Waals surface area contributed by atoms with Crippen LogP contribution in [-0.2, 0) is 23.2 Å². The molecule has 2 heterocycles. The number of rotatable bonds is 4. The highest BCUT2D eigenvalue weighted by molar-refractivity contribution is 5.89. The third-order valence-corrected chi connectivity index (χ3v) is 7.92. The number of likely N-dealkylation sites (N-methyl/N-ethyl adjacent to an activating group) is 1. The van der Waals surface area contributed by atoms with Crippen LogP contribution in [0.4, 0.5) is 0 Å². The van der Waals surface area contributed by atoms with Gasteiger partial charge < -0.3 is 19.1 Å². The first-order valence-electron chi connectivity index (χ1n) is 10.9. The molecule has 2 aromatic rings. The third kappa shape index (κ3) is 2.30. The van der Waals surface area contributed by atoms with Gasteiger partial charge in [0.25, 0.3) is 0 Å². The van der Waals surface area contributed by atoms with Gasteiger partial charge in [-0.05, 0) is 44.3 Å². The van der Waals surface area contributed by atoms with Crippen LogP contribution in [0, 0.1) is 5.92 Å². The maximum absolute atomic E-state index is 13.0. The van der Waals surface area contributed by atoms with Crippen LogP contribution >= 0.6 is 0 Å². The molecule has 0 radical (unpaired) electrons. The van der Waals surface area contributed by atoms with E-state index >= 15 is 0 Å². The molecule has 1 saturated heterocycles. The summed E-state index contributed by atoms with van der Waals surface area (Å²) in [5, 5.41) is 0. The highest BCUT2D eigenvalue weighted by Crippen LogP contribution is 2.64. The maximum atomic E-state index is 13.0. The molecule has 5 heteroatoms. The van der Waals surface area contributed by atoms with Crippen LogP contribution in [0.1, 0.15) is 36.0 Å². The molecule has 4 atom stereocenters. The van der Waals surface area contributed by atoms with Crippen LogP contribution in [0.25, 0.3) is 0 Å². The molecule has 6 rings (SSSR count). The Morgan fingerprint density at radius 1 is 1.23 bits per heavy atom. The summed E-state index contributed by atoms with van der Waals surface area (Å²) in [7, 11) is 3.89. The second-order valence-electron chi connectivity index (χ2n) is 9.19. The number of nitrogens with zero attached hydrogens (tertiary/aromatic N) is 1. The molecule has 2 fully saturated rings. The van der Waals surface area contributed by atoms with Gasteiger partial charge in [0.1, 0.15) is 12.4 Å². The summed E-state index contributed by atoms with van der Waals surface area (Å²) in [4.78, 5) is 15.5. The quantitative estimate of drug-likeness (QED) is 0.779. The average molecular weight is 405 g/mol. The minimum Gasteiger partial charge on any atom is -0.493 e. The third-order valence-electron chi connectivity index (χ3n) is 7.92. The summed E-state index contributed by atoms with van der Waals surface area (Å²) in [5.41, 5.74) is 3.33. The molecule has 156 valence electrons. The summed E-state index contributed by atoms with van der Waals surface area (Å²) in [5.74, 6) is 3.03. The molecule has 0 amide bonds. The number of Topliss-reactive ketones (excluding diaryl/α,β-unsaturated/α-hetero) is 1. The summed E-state index contributed by atoms with van der Waals surface area (Å²) >= 11 is 0. The number of carbonyl (C=O) groups is 1. The number of hydrogen-bond acceptors (Lipinski definition) is 5. The van der Waals surface area contributed by atoms with E-state index in [1.807, 2.05) is 24.3 Å². The van der Waals surface area contributed by atoms with E-state index in [4.69, 9.17) is 14.2 Å². The Balaban J connectivity index is 1.51. The SMILES string of the molecule is COc1cc(OCc2ccccc2)c2c3c1O[C@H]1C(=O)CC[C@H]4[C@@H](C2)N(C)CC[C@]314. The zero-order chi connectivity index (χ0) is 20.5. The van der Waals surface area contributed by atoms with Crippen LogP contribution in [0.15, 0.2) is 36.4 Å². The first-order valence-corrected chi connectivity index (χ1v) is 10.9. The second kappa shape index (κ2) is 6.48. The van der Waals surface area contributed by atoms with Crippen molar-refractivity contribution in [1.29, 1.82) is 0 Å². The van der Waals surface area contributed by atoms with Gasteiger partial charge in [0.2, 0.25) is 0 Å². The van der Waals surface area contributed by atoms with Crippen LogP contribution < -0.4 is 14.2 Å². The average Bonchev–Trinajstić information content (AvgIpc) is 3.12. The Labute approximate surface area is 176 Å². The van der Waals surface area contributed by atoms with Crippen LogP contribution in [0.2, 0.25) is 0 Å². The van der Waals surface area contributed by atoms with E-state index in [0.29, 0.717) is 30.7 Å². The predicted octanol–water partition coefficient (Wildman–Crippen LogP) is 3.51. The zero-order valence-electron chi connectivity index (χ0n) is 17.5. The van der Waals surface area contributed by atoms with Gasteiger partial charge in [-0.2, -0.15) is 0 Å². The largest absolute Gasteiger partial charge is 0.493 e. The van der Waals surface area contributed by atoms with Crippen molar-refractivity contribution in [2.75, 3.05) is 20.7 Å². The Morgan fingerprint density at radius 2 is 2.07 bits per heavy atom. The van der Waals surface area contributed by atoms with Crippen molar-refractivity contribution >= 4 is 5.78 Å². The second-order valence-corrected chi connectivity index (χ2v) is 9.19. The van der Waals surface area contributed by atoms with Crippen molar-refractivity contribution in [3.8, 4) is 17.2 Å². The Morgan fingerprint density at radius 3 is 2.87 bits per heavy atom. The lowest BCUT2D eigenvalue weighted by atomic mass is 9.51. The minimum absolute atomic E-state index is 0.227. The van der Waals surface area contributed by atoms with Crippen molar-refractivity contribution in [2.24, 2.45) is 5.92 Å². The standard InChI is InChI=1S/C25H27NO4/c1-26-11-10-25-17-8-9-19(27)24(25)30-23-21(28-2)13-20(16(22(23)25)12-18(17)26)29-14-15-6-4-3-5-7-15/h3-7,13,17-18,24H,8-12,14H2,1-2H3/t17-,18+,24-,25-/m0/s1. The molecule has 0 unspecified atom stereocenters. The molecule has 4 aliphatic rings. The van der Waals surface area contributed by atoms with E-state index in [0.717, 1.165) is 42.9 Å². The number of likely N-dealkylation sites (tertiary alicyclic amines) is 1. The van der Waals surface area contributed by atoms with E-state index in [1.54, 1.807) is 7.11 Å². The first kappa shape index (κ1) is 18.3. The number of ketones is 1. The fourth-order valence-corrected chi connectivity index (χ4v) is 6.57. The van der Waals surface area contributed by atoms with Crippen molar-refractivity contribution in [1.82, 2.24) is 4.90 Å². The Kier molecular flexibility index (Phi) is 3.94. The van der Waals surface area contributed by atoms with Gasteiger partial charge >= 0.3 is 0 Å². The summed E-state index contributed by atoms with van der Waals surface area (Å²) in [6.45, 7) is 1.50. The zero-order valence-corrected chi connectivity index (χ0v) is 17.5. The van der Waals surface area contributed by atoms with Gasteiger partial charge in [-0.3, -0.25) is 4.79 Å². The number of piperidine rings is 1. The van der Waals surface area contributed by atoms with Gasteiger partial charge in [-0.15, -0.1) is 0 Å². The number of hydrogen-bond donors (Lipinski definition) is 0. The van der Waals surface area contributed by atoms with Crippen molar-refractivity contribution in [2.45, 2.75) is 49.9 Å². The van der Waals surface area contributed by atoms with E-state index in [-0.39, 0.29) is 17.3 Å². The molecular formula is C25H27NO4. The number of methoxy groups -OCH3 is 1. The lowest BCUT2D eigenvalue weighted by Crippen LogP contribution is -2.65. The van der Waals surface area contributed by atoms with E-state index in [9.17, 15) is 4.79 Å². The Bertz CT molecular complexity index is 1020.